The van der Waals surface area contributed by atoms with Crippen LogP contribution in [0.15, 0.2) is 30.4 Å². The Morgan fingerprint density at radius 1 is 1.18 bits per heavy atom. The maximum atomic E-state index is 13.2. The van der Waals surface area contributed by atoms with E-state index in [-0.39, 0.29) is 35.7 Å². The Morgan fingerprint density at radius 2 is 1.94 bits per heavy atom. The molecule has 6 heteroatoms. The summed E-state index contributed by atoms with van der Waals surface area (Å²) in [4.78, 5) is 13.2. The number of aryl methyl sites for hydroxylation is 1. The molecule has 1 aromatic rings. The maximum Gasteiger partial charge on any atom is 0.186 e. The van der Waals surface area contributed by atoms with Gasteiger partial charge in [-0.05, 0) is 81.1 Å². The van der Waals surface area contributed by atoms with Crippen molar-refractivity contribution < 1.29 is 29.6 Å². The van der Waals surface area contributed by atoms with Gasteiger partial charge in [-0.25, -0.2) is 0 Å². The van der Waals surface area contributed by atoms with Crippen molar-refractivity contribution in [2.24, 2.45) is 11.3 Å². The van der Waals surface area contributed by atoms with E-state index < -0.39 is 29.0 Å². The quantitative estimate of drug-likeness (QED) is 0.577. The largest absolute Gasteiger partial charge is 0.387 e. The topological polar surface area (TPSA) is 99.5 Å². The first-order valence-electron chi connectivity index (χ1n) is 12.7. The van der Waals surface area contributed by atoms with Crippen molar-refractivity contribution in [3.63, 3.8) is 0 Å². The SMILES string of the molecule is C[C@@H](c1ccc2c(c1)CC[C@H]1[C@H]2C[C@@H]2O[C@@]23CC=CC(=O)[C@]13C)[C@H]1C[C@](C)(O)[C@@](C)(O)C(O)O1. The fraction of sp³-hybridized carbons (Fsp3) is 0.679. The zero-order valence-electron chi connectivity index (χ0n) is 20.5. The van der Waals surface area contributed by atoms with E-state index in [1.807, 2.05) is 13.0 Å². The van der Waals surface area contributed by atoms with E-state index in [4.69, 9.17) is 9.47 Å². The number of epoxide rings is 1. The van der Waals surface area contributed by atoms with Crippen molar-refractivity contribution in [1.82, 2.24) is 0 Å². The number of ether oxygens (including phenoxy) is 2. The fourth-order valence-corrected chi connectivity index (χ4v) is 7.67. The zero-order chi connectivity index (χ0) is 24.3. The number of benzene rings is 1. The van der Waals surface area contributed by atoms with Crippen molar-refractivity contribution in [1.29, 1.82) is 0 Å². The molecular formula is C28H36O6. The number of aliphatic hydroxyl groups excluding tert-OH is 1. The van der Waals surface area contributed by atoms with Crippen LogP contribution in [0.3, 0.4) is 0 Å². The molecule has 6 nitrogen and oxygen atoms in total. The van der Waals surface area contributed by atoms with Gasteiger partial charge in [0.1, 0.15) is 11.2 Å². The van der Waals surface area contributed by atoms with Gasteiger partial charge in [0.05, 0.1) is 23.2 Å². The zero-order valence-corrected chi connectivity index (χ0v) is 20.5. The predicted octanol–water partition coefficient (Wildman–Crippen LogP) is 3.12. The molecule has 5 aliphatic rings. The number of allylic oxidation sites excluding steroid dienone is 1. The van der Waals surface area contributed by atoms with Gasteiger partial charge < -0.3 is 24.8 Å². The van der Waals surface area contributed by atoms with Crippen LogP contribution in [-0.4, -0.2) is 56.4 Å². The van der Waals surface area contributed by atoms with Crippen LogP contribution in [0.1, 0.15) is 81.9 Å². The van der Waals surface area contributed by atoms with E-state index in [2.05, 4.69) is 25.1 Å². The molecule has 1 aromatic carbocycles. The lowest BCUT2D eigenvalue weighted by molar-refractivity contribution is -0.321. The lowest BCUT2D eigenvalue weighted by Crippen LogP contribution is -2.64. The molecular weight excluding hydrogens is 432 g/mol. The van der Waals surface area contributed by atoms with Crippen molar-refractivity contribution in [3.8, 4) is 0 Å². The molecule has 3 N–H and O–H groups in total. The number of hydrogen-bond donors (Lipinski definition) is 3. The van der Waals surface area contributed by atoms with Crippen LogP contribution >= 0.6 is 0 Å². The molecule has 1 unspecified atom stereocenters. The maximum absolute atomic E-state index is 13.2. The summed E-state index contributed by atoms with van der Waals surface area (Å²) in [5, 5.41) is 31.6. The first-order chi connectivity index (χ1) is 15.9. The number of carbonyl (C=O) groups is 1. The highest BCUT2D eigenvalue weighted by Gasteiger charge is 2.75. The minimum absolute atomic E-state index is 0.0615. The first kappa shape index (κ1) is 22.9. The van der Waals surface area contributed by atoms with Gasteiger partial charge >= 0.3 is 0 Å². The second kappa shape index (κ2) is 7.01. The summed E-state index contributed by atoms with van der Waals surface area (Å²) >= 11 is 0. The number of rotatable bonds is 2. The smallest absolute Gasteiger partial charge is 0.186 e. The predicted molar refractivity (Wildman–Crippen MR) is 125 cm³/mol. The van der Waals surface area contributed by atoms with Gasteiger partial charge in [-0.1, -0.05) is 31.2 Å². The number of fused-ring (bicyclic) bond motifs is 4. The third kappa shape index (κ3) is 2.78. The van der Waals surface area contributed by atoms with Gasteiger partial charge in [0.2, 0.25) is 0 Å². The van der Waals surface area contributed by atoms with Crippen LogP contribution in [0.2, 0.25) is 0 Å². The summed E-state index contributed by atoms with van der Waals surface area (Å²) in [7, 11) is 0. The van der Waals surface area contributed by atoms with Crippen LogP contribution in [0.5, 0.6) is 0 Å². The number of carbonyl (C=O) groups excluding carboxylic acids is 1. The third-order valence-corrected chi connectivity index (χ3v) is 10.4. The molecule has 0 amide bonds. The number of ketones is 1. The van der Waals surface area contributed by atoms with Crippen LogP contribution in [-0.2, 0) is 20.7 Å². The average Bonchev–Trinajstić information content (AvgIpc) is 3.50. The minimum Gasteiger partial charge on any atom is -0.387 e. The number of hydrogen-bond acceptors (Lipinski definition) is 6. The van der Waals surface area contributed by atoms with E-state index in [0.29, 0.717) is 5.92 Å². The Hall–Kier alpha value is -1.57. The van der Waals surface area contributed by atoms with Crippen molar-refractivity contribution in [3.05, 3.63) is 47.0 Å². The van der Waals surface area contributed by atoms with Gasteiger partial charge in [0.15, 0.2) is 12.1 Å². The molecule has 10 atom stereocenters. The normalized spacial score (nSPS) is 50.0. The Kier molecular flexibility index (Phi) is 4.72. The Labute approximate surface area is 201 Å². The average molecular weight is 469 g/mol. The molecule has 1 spiro atoms. The lowest BCUT2D eigenvalue weighted by atomic mass is 9.49. The highest BCUT2D eigenvalue weighted by molar-refractivity contribution is 5.98. The Balaban J connectivity index is 1.28. The van der Waals surface area contributed by atoms with Gasteiger partial charge in [0, 0.05) is 12.3 Å². The first-order valence-corrected chi connectivity index (χ1v) is 12.7. The molecule has 6 rings (SSSR count). The van der Waals surface area contributed by atoms with Crippen molar-refractivity contribution in [2.45, 2.75) is 107 Å². The molecule has 0 radical (unpaired) electrons. The molecule has 34 heavy (non-hydrogen) atoms. The van der Waals surface area contributed by atoms with Gasteiger partial charge in [-0.3, -0.25) is 4.79 Å². The van der Waals surface area contributed by atoms with Gasteiger partial charge in [-0.15, -0.1) is 0 Å². The van der Waals surface area contributed by atoms with Crippen LogP contribution in [0.25, 0.3) is 0 Å². The van der Waals surface area contributed by atoms with Crippen molar-refractivity contribution in [2.75, 3.05) is 0 Å². The molecule has 2 saturated heterocycles. The van der Waals surface area contributed by atoms with Crippen LogP contribution in [0.4, 0.5) is 0 Å². The standard InChI is InChI=1S/C28H36O6/c1-15(21-14-25(2,31)27(4,32)24(30)33-21)16-7-9-18-17(12-16)8-10-20-19(18)13-23-28(34-23)11-5-6-22(29)26(20,28)3/h5-7,9,12,15,19-21,23-24,30-32H,8,10-11,13-14H2,1-4H3/t15-,19-,20-,21+,23-,24?,25-,26-,27-,28-/m0/s1. The van der Waals surface area contributed by atoms with E-state index in [1.54, 1.807) is 13.0 Å². The summed E-state index contributed by atoms with van der Waals surface area (Å²) in [6.45, 7) is 7.14. The van der Waals surface area contributed by atoms with E-state index in [0.717, 1.165) is 31.2 Å². The van der Waals surface area contributed by atoms with E-state index in [1.165, 1.54) is 18.1 Å². The molecule has 0 aromatic heterocycles. The number of aliphatic hydroxyl groups is 3. The molecule has 1 saturated carbocycles. The van der Waals surface area contributed by atoms with Crippen molar-refractivity contribution >= 4 is 5.78 Å². The van der Waals surface area contributed by atoms with Crippen LogP contribution in [0, 0.1) is 11.3 Å². The second-order valence-corrected chi connectivity index (χ2v) is 12.1. The Bertz CT molecular complexity index is 1070. The lowest BCUT2D eigenvalue weighted by Gasteiger charge is -2.51. The molecule has 184 valence electrons. The van der Waals surface area contributed by atoms with E-state index in [9.17, 15) is 20.1 Å². The molecule has 0 bridgehead atoms. The highest BCUT2D eigenvalue weighted by atomic mass is 16.6. The fourth-order valence-electron chi connectivity index (χ4n) is 7.67. The monoisotopic (exact) mass is 468 g/mol. The highest BCUT2D eigenvalue weighted by Crippen LogP contribution is 2.69. The molecule has 3 fully saturated rings. The summed E-state index contributed by atoms with van der Waals surface area (Å²) in [5.74, 6) is 0.764. The van der Waals surface area contributed by atoms with Gasteiger partial charge in [0.25, 0.3) is 0 Å². The molecule has 2 aliphatic heterocycles. The summed E-state index contributed by atoms with van der Waals surface area (Å²) < 4.78 is 12.1. The molecule has 3 aliphatic carbocycles. The summed E-state index contributed by atoms with van der Waals surface area (Å²) in [5.41, 5.74) is -0.174. The molecule has 2 heterocycles. The second-order valence-electron chi connectivity index (χ2n) is 12.1. The summed E-state index contributed by atoms with van der Waals surface area (Å²) in [6.07, 6.45) is 6.00. The van der Waals surface area contributed by atoms with Gasteiger partial charge in [-0.2, -0.15) is 0 Å². The van der Waals surface area contributed by atoms with E-state index >= 15 is 0 Å². The third-order valence-electron chi connectivity index (χ3n) is 10.4. The summed E-state index contributed by atoms with van der Waals surface area (Å²) in [6, 6.07) is 6.59. The minimum atomic E-state index is -1.73. The van der Waals surface area contributed by atoms with Crippen LogP contribution < -0.4 is 0 Å². The Morgan fingerprint density at radius 3 is 2.68 bits per heavy atom.